The Balaban J connectivity index is 2.37. The SMILES string of the molecule is CN(C)S(=O)(=O)c1cc(C(=O)Nc2ccc(Cl)c(C#N)c2)ccc1Br. The van der Waals surface area contributed by atoms with Gasteiger partial charge in [0.15, 0.2) is 0 Å². The molecular formula is C16H13BrClN3O3S. The number of anilines is 1. The van der Waals surface area contributed by atoms with Gasteiger partial charge in [0, 0.05) is 29.8 Å². The highest BCUT2D eigenvalue weighted by molar-refractivity contribution is 9.10. The van der Waals surface area contributed by atoms with E-state index in [1.54, 1.807) is 6.07 Å². The van der Waals surface area contributed by atoms with Crippen molar-refractivity contribution in [2.24, 2.45) is 0 Å². The molecule has 0 bridgehead atoms. The number of nitrogens with zero attached hydrogens (tertiary/aromatic N) is 2. The molecule has 0 radical (unpaired) electrons. The van der Waals surface area contributed by atoms with E-state index < -0.39 is 15.9 Å². The zero-order chi connectivity index (χ0) is 18.8. The van der Waals surface area contributed by atoms with E-state index in [4.69, 9.17) is 16.9 Å². The van der Waals surface area contributed by atoms with Crippen LogP contribution in [0.1, 0.15) is 15.9 Å². The summed E-state index contributed by atoms with van der Waals surface area (Å²) in [5.74, 6) is -0.506. The predicted molar refractivity (Wildman–Crippen MR) is 99.1 cm³/mol. The van der Waals surface area contributed by atoms with Crippen molar-refractivity contribution in [3.8, 4) is 6.07 Å². The van der Waals surface area contributed by atoms with Crippen molar-refractivity contribution in [3.63, 3.8) is 0 Å². The minimum atomic E-state index is -3.71. The van der Waals surface area contributed by atoms with Crippen LogP contribution in [-0.4, -0.2) is 32.7 Å². The van der Waals surface area contributed by atoms with Gasteiger partial charge in [0.2, 0.25) is 10.0 Å². The van der Waals surface area contributed by atoms with Gasteiger partial charge in [-0.25, -0.2) is 12.7 Å². The van der Waals surface area contributed by atoms with Gasteiger partial charge < -0.3 is 5.32 Å². The summed E-state index contributed by atoms with van der Waals surface area (Å²) in [5, 5.41) is 11.9. The number of hydrogen-bond donors (Lipinski definition) is 1. The Labute approximate surface area is 159 Å². The molecular weight excluding hydrogens is 430 g/mol. The number of nitriles is 1. The van der Waals surface area contributed by atoms with E-state index in [2.05, 4.69) is 21.2 Å². The Morgan fingerprint density at radius 3 is 2.52 bits per heavy atom. The van der Waals surface area contributed by atoms with Crippen LogP contribution in [0.3, 0.4) is 0 Å². The van der Waals surface area contributed by atoms with Gasteiger partial charge in [-0.2, -0.15) is 5.26 Å². The molecule has 0 aliphatic heterocycles. The maximum absolute atomic E-state index is 12.4. The zero-order valence-corrected chi connectivity index (χ0v) is 16.4. The van der Waals surface area contributed by atoms with Gasteiger partial charge in [-0.1, -0.05) is 11.6 Å². The van der Waals surface area contributed by atoms with Crippen molar-refractivity contribution in [2.75, 3.05) is 19.4 Å². The van der Waals surface area contributed by atoms with Crippen LogP contribution in [0, 0.1) is 11.3 Å². The quantitative estimate of drug-likeness (QED) is 0.785. The Bertz CT molecular complexity index is 985. The molecule has 1 N–H and O–H groups in total. The minimum Gasteiger partial charge on any atom is -0.322 e. The molecule has 0 aliphatic rings. The summed E-state index contributed by atoms with van der Waals surface area (Å²) in [6.45, 7) is 0. The lowest BCUT2D eigenvalue weighted by molar-refractivity contribution is 0.102. The van der Waals surface area contributed by atoms with Gasteiger partial charge in [0.1, 0.15) is 6.07 Å². The average molecular weight is 443 g/mol. The molecule has 2 aromatic carbocycles. The van der Waals surface area contributed by atoms with E-state index in [0.717, 1.165) is 4.31 Å². The third kappa shape index (κ3) is 4.19. The number of rotatable bonds is 4. The minimum absolute atomic E-state index is 0.0148. The number of nitrogens with one attached hydrogen (secondary N) is 1. The molecule has 9 heteroatoms. The largest absolute Gasteiger partial charge is 0.322 e. The highest BCUT2D eigenvalue weighted by Gasteiger charge is 2.22. The third-order valence-electron chi connectivity index (χ3n) is 3.30. The number of carbonyl (C=O) groups excluding carboxylic acids is 1. The first-order chi connectivity index (χ1) is 11.7. The number of benzene rings is 2. The third-order valence-corrected chi connectivity index (χ3v) is 6.44. The van der Waals surface area contributed by atoms with Crippen LogP contribution in [0.2, 0.25) is 5.02 Å². The van der Waals surface area contributed by atoms with E-state index >= 15 is 0 Å². The molecule has 0 unspecified atom stereocenters. The van der Waals surface area contributed by atoms with Crippen LogP contribution < -0.4 is 5.32 Å². The second-order valence-corrected chi connectivity index (χ2v) is 8.57. The van der Waals surface area contributed by atoms with Crippen molar-refractivity contribution in [3.05, 3.63) is 57.0 Å². The zero-order valence-electron chi connectivity index (χ0n) is 13.2. The number of amides is 1. The van der Waals surface area contributed by atoms with Gasteiger partial charge in [0.25, 0.3) is 5.91 Å². The van der Waals surface area contributed by atoms with Crippen LogP contribution in [0.25, 0.3) is 0 Å². The average Bonchev–Trinajstić information content (AvgIpc) is 2.56. The van der Waals surface area contributed by atoms with E-state index in [1.807, 2.05) is 6.07 Å². The summed E-state index contributed by atoms with van der Waals surface area (Å²) >= 11 is 9.05. The van der Waals surface area contributed by atoms with Crippen LogP contribution in [0.4, 0.5) is 5.69 Å². The molecule has 130 valence electrons. The summed E-state index contributed by atoms with van der Waals surface area (Å²) in [6.07, 6.45) is 0. The fourth-order valence-corrected chi connectivity index (χ4v) is 3.93. The fourth-order valence-electron chi connectivity index (χ4n) is 1.93. The summed E-state index contributed by atoms with van der Waals surface area (Å²) in [5.41, 5.74) is 0.772. The normalized spacial score (nSPS) is 11.2. The first-order valence-corrected chi connectivity index (χ1v) is 9.51. The summed E-state index contributed by atoms with van der Waals surface area (Å²) in [7, 11) is -0.890. The molecule has 25 heavy (non-hydrogen) atoms. The smallest absolute Gasteiger partial charge is 0.255 e. The predicted octanol–water partition coefficient (Wildman–Crippen LogP) is 3.48. The number of sulfonamides is 1. The van der Waals surface area contributed by atoms with Gasteiger partial charge in [-0.15, -0.1) is 0 Å². The summed E-state index contributed by atoms with van der Waals surface area (Å²) in [4.78, 5) is 12.4. The van der Waals surface area contributed by atoms with Gasteiger partial charge >= 0.3 is 0 Å². The lowest BCUT2D eigenvalue weighted by atomic mass is 10.2. The lowest BCUT2D eigenvalue weighted by Crippen LogP contribution is -2.23. The molecule has 2 rings (SSSR count). The number of carbonyl (C=O) groups is 1. The molecule has 0 aliphatic carbocycles. The molecule has 0 atom stereocenters. The van der Waals surface area contributed by atoms with Crippen molar-refractivity contribution >= 4 is 49.1 Å². The standard InChI is InChI=1S/C16H13BrClN3O3S/c1-21(2)25(23,24)15-8-10(3-5-13(15)17)16(22)20-12-4-6-14(18)11(7-12)9-19/h3-8H,1-2H3,(H,20,22). The van der Waals surface area contributed by atoms with Gasteiger partial charge in [-0.3, -0.25) is 4.79 Å². The summed E-state index contributed by atoms with van der Waals surface area (Å²) in [6, 6.07) is 10.7. The fraction of sp³-hybridized carbons (Fsp3) is 0.125. The highest BCUT2D eigenvalue weighted by Crippen LogP contribution is 2.26. The monoisotopic (exact) mass is 441 g/mol. The van der Waals surface area contributed by atoms with E-state index in [9.17, 15) is 13.2 Å². The Kier molecular flexibility index (Phi) is 5.85. The van der Waals surface area contributed by atoms with Crippen LogP contribution in [0.15, 0.2) is 45.8 Å². The van der Waals surface area contributed by atoms with E-state index in [0.29, 0.717) is 10.2 Å². The molecule has 6 nitrogen and oxygen atoms in total. The molecule has 0 aromatic heterocycles. The summed E-state index contributed by atoms with van der Waals surface area (Å²) < 4.78 is 26.1. The first kappa shape index (κ1) is 19.4. The Morgan fingerprint density at radius 1 is 1.24 bits per heavy atom. The molecule has 0 saturated heterocycles. The molecule has 0 saturated carbocycles. The molecule has 0 spiro atoms. The molecule has 2 aromatic rings. The van der Waals surface area contributed by atoms with Crippen molar-refractivity contribution < 1.29 is 13.2 Å². The van der Waals surface area contributed by atoms with Crippen LogP contribution in [-0.2, 0) is 10.0 Å². The molecule has 1 amide bonds. The van der Waals surface area contributed by atoms with Crippen LogP contribution >= 0.6 is 27.5 Å². The Hall–Kier alpha value is -1.92. The molecule has 0 heterocycles. The van der Waals surface area contributed by atoms with Gasteiger partial charge in [0.05, 0.1) is 15.5 Å². The molecule has 0 fully saturated rings. The van der Waals surface area contributed by atoms with Crippen LogP contribution in [0.5, 0.6) is 0 Å². The number of hydrogen-bond acceptors (Lipinski definition) is 4. The van der Waals surface area contributed by atoms with E-state index in [1.165, 1.54) is 44.4 Å². The van der Waals surface area contributed by atoms with Crippen molar-refractivity contribution in [2.45, 2.75) is 4.90 Å². The first-order valence-electron chi connectivity index (χ1n) is 6.90. The Morgan fingerprint density at radius 2 is 1.92 bits per heavy atom. The number of halogens is 2. The van der Waals surface area contributed by atoms with Crippen molar-refractivity contribution in [1.82, 2.24) is 4.31 Å². The highest BCUT2D eigenvalue weighted by atomic mass is 79.9. The maximum Gasteiger partial charge on any atom is 0.255 e. The maximum atomic E-state index is 12.4. The van der Waals surface area contributed by atoms with Gasteiger partial charge in [-0.05, 0) is 52.3 Å². The lowest BCUT2D eigenvalue weighted by Gasteiger charge is -2.14. The topological polar surface area (TPSA) is 90.3 Å². The van der Waals surface area contributed by atoms with E-state index in [-0.39, 0.29) is 21.0 Å². The second-order valence-electron chi connectivity index (χ2n) is 5.19. The van der Waals surface area contributed by atoms with Crippen molar-refractivity contribution in [1.29, 1.82) is 5.26 Å². The second kappa shape index (κ2) is 7.54.